The van der Waals surface area contributed by atoms with Gasteiger partial charge in [-0.2, -0.15) is 0 Å². The first-order valence-corrected chi connectivity index (χ1v) is 6.06. The predicted octanol–water partition coefficient (Wildman–Crippen LogP) is 2.82. The molecule has 0 fully saturated rings. The van der Waals surface area contributed by atoms with E-state index in [9.17, 15) is 4.39 Å². The van der Waals surface area contributed by atoms with Gasteiger partial charge in [0.15, 0.2) is 0 Å². The maximum atomic E-state index is 13.3. The summed E-state index contributed by atoms with van der Waals surface area (Å²) >= 11 is 0. The largest absolute Gasteiger partial charge is 0.309 e. The lowest BCUT2D eigenvalue weighted by molar-refractivity contribution is 0.139. The van der Waals surface area contributed by atoms with Crippen LogP contribution in [0.1, 0.15) is 32.4 Å². The second-order valence-corrected chi connectivity index (χ2v) is 5.09. The topological polar surface area (TPSA) is 15.3 Å². The summed E-state index contributed by atoms with van der Waals surface area (Å²) in [5.41, 5.74) is 0.912. The highest BCUT2D eigenvalue weighted by Crippen LogP contribution is 2.29. The molecule has 1 aromatic carbocycles. The third-order valence-corrected chi connectivity index (χ3v) is 3.45. The lowest BCUT2D eigenvalue weighted by Gasteiger charge is -2.41. The van der Waals surface area contributed by atoms with Gasteiger partial charge in [0.1, 0.15) is 5.82 Å². The number of benzene rings is 1. The fourth-order valence-electron chi connectivity index (χ4n) is 1.92. The van der Waals surface area contributed by atoms with Gasteiger partial charge in [0.2, 0.25) is 0 Å². The molecule has 0 aliphatic carbocycles. The van der Waals surface area contributed by atoms with E-state index in [1.807, 2.05) is 20.2 Å². The van der Waals surface area contributed by atoms with Crippen LogP contribution in [0.4, 0.5) is 4.39 Å². The third-order valence-electron chi connectivity index (χ3n) is 3.45. The maximum absolute atomic E-state index is 13.3. The third kappa shape index (κ3) is 3.27. The quantitative estimate of drug-likeness (QED) is 0.848. The summed E-state index contributed by atoms with van der Waals surface area (Å²) in [5, 5.41) is 3.44. The Labute approximate surface area is 104 Å². The van der Waals surface area contributed by atoms with Crippen molar-refractivity contribution in [3.63, 3.8) is 0 Å². The molecule has 0 saturated heterocycles. The number of hydrogen-bond acceptors (Lipinski definition) is 2. The summed E-state index contributed by atoms with van der Waals surface area (Å²) in [7, 11) is 4.09. The normalized spacial score (nSPS) is 14.1. The SMILES string of the molecule is CCNC(c1cccc(F)c1)C(C)(C)N(C)C. The Morgan fingerprint density at radius 1 is 1.35 bits per heavy atom. The van der Waals surface area contributed by atoms with Crippen LogP contribution >= 0.6 is 0 Å². The molecule has 17 heavy (non-hydrogen) atoms. The molecule has 1 rings (SSSR count). The van der Waals surface area contributed by atoms with Gasteiger partial charge in [0.05, 0.1) is 6.04 Å². The summed E-state index contributed by atoms with van der Waals surface area (Å²) in [6, 6.07) is 6.94. The van der Waals surface area contributed by atoms with Gasteiger partial charge < -0.3 is 10.2 Å². The summed E-state index contributed by atoms with van der Waals surface area (Å²) in [4.78, 5) is 2.16. The van der Waals surface area contributed by atoms with Crippen molar-refractivity contribution in [1.29, 1.82) is 0 Å². The molecule has 1 atom stereocenters. The second kappa shape index (κ2) is 5.61. The van der Waals surface area contributed by atoms with Crippen molar-refractivity contribution >= 4 is 0 Å². The van der Waals surface area contributed by atoms with Crippen molar-refractivity contribution in [2.75, 3.05) is 20.6 Å². The van der Waals surface area contributed by atoms with Crippen LogP contribution in [0.3, 0.4) is 0 Å². The standard InChI is InChI=1S/C14H23FN2/c1-6-16-13(14(2,3)17(4)5)11-8-7-9-12(15)10-11/h7-10,13,16H,6H2,1-5H3. The van der Waals surface area contributed by atoms with Crippen molar-refractivity contribution in [2.45, 2.75) is 32.4 Å². The Kier molecular flexibility index (Phi) is 4.66. The first kappa shape index (κ1) is 14.1. The maximum Gasteiger partial charge on any atom is 0.123 e. The number of halogens is 1. The molecule has 1 N–H and O–H groups in total. The van der Waals surface area contributed by atoms with E-state index in [0.29, 0.717) is 0 Å². The summed E-state index contributed by atoms with van der Waals surface area (Å²) in [6.07, 6.45) is 0. The molecule has 2 nitrogen and oxygen atoms in total. The van der Waals surface area contributed by atoms with Crippen LogP contribution < -0.4 is 5.32 Å². The van der Waals surface area contributed by atoms with Gasteiger partial charge >= 0.3 is 0 Å². The van der Waals surface area contributed by atoms with Gasteiger partial charge in [-0.1, -0.05) is 19.1 Å². The lowest BCUT2D eigenvalue weighted by atomic mass is 9.87. The fraction of sp³-hybridized carbons (Fsp3) is 0.571. The number of rotatable bonds is 5. The van der Waals surface area contributed by atoms with Crippen molar-refractivity contribution in [2.24, 2.45) is 0 Å². The Hall–Kier alpha value is -0.930. The van der Waals surface area contributed by atoms with Crippen LogP contribution in [-0.2, 0) is 0 Å². The summed E-state index contributed by atoms with van der Waals surface area (Å²) in [5.74, 6) is -0.181. The van der Waals surface area contributed by atoms with Gasteiger partial charge in [-0.3, -0.25) is 0 Å². The van der Waals surface area contributed by atoms with E-state index in [2.05, 4.69) is 31.0 Å². The van der Waals surface area contributed by atoms with Gasteiger partial charge in [-0.05, 0) is 52.2 Å². The Morgan fingerprint density at radius 2 is 2.00 bits per heavy atom. The zero-order valence-electron chi connectivity index (χ0n) is 11.4. The minimum absolute atomic E-state index is 0.0796. The zero-order chi connectivity index (χ0) is 13.1. The van der Waals surface area contributed by atoms with Crippen LogP contribution in [0.2, 0.25) is 0 Å². The van der Waals surface area contributed by atoms with Crippen LogP contribution in [0.5, 0.6) is 0 Å². The molecule has 0 spiro atoms. The molecule has 1 unspecified atom stereocenters. The minimum atomic E-state index is -0.181. The molecular formula is C14H23FN2. The molecule has 96 valence electrons. The van der Waals surface area contributed by atoms with Crippen LogP contribution in [0, 0.1) is 5.82 Å². The molecule has 0 aliphatic heterocycles. The van der Waals surface area contributed by atoms with Gasteiger partial charge in [-0.15, -0.1) is 0 Å². The molecule has 0 saturated carbocycles. The number of nitrogens with zero attached hydrogens (tertiary/aromatic N) is 1. The van der Waals surface area contributed by atoms with Gasteiger partial charge in [0.25, 0.3) is 0 Å². The molecule has 0 aliphatic rings. The van der Waals surface area contributed by atoms with E-state index in [4.69, 9.17) is 0 Å². The van der Waals surface area contributed by atoms with E-state index in [-0.39, 0.29) is 17.4 Å². The van der Waals surface area contributed by atoms with Gasteiger partial charge in [-0.25, -0.2) is 4.39 Å². The Morgan fingerprint density at radius 3 is 2.47 bits per heavy atom. The highest BCUT2D eigenvalue weighted by atomic mass is 19.1. The summed E-state index contributed by atoms with van der Waals surface area (Å²) in [6.45, 7) is 7.24. The van der Waals surface area contributed by atoms with Crippen molar-refractivity contribution < 1.29 is 4.39 Å². The molecule has 1 aromatic rings. The van der Waals surface area contributed by atoms with Crippen LogP contribution in [-0.4, -0.2) is 31.1 Å². The minimum Gasteiger partial charge on any atom is -0.309 e. The molecule has 0 bridgehead atoms. The molecule has 0 heterocycles. The Bertz CT molecular complexity index is 361. The predicted molar refractivity (Wildman–Crippen MR) is 70.6 cm³/mol. The van der Waals surface area contributed by atoms with E-state index < -0.39 is 0 Å². The van der Waals surface area contributed by atoms with Crippen LogP contribution in [0.25, 0.3) is 0 Å². The smallest absolute Gasteiger partial charge is 0.123 e. The average molecular weight is 238 g/mol. The van der Waals surface area contributed by atoms with E-state index >= 15 is 0 Å². The lowest BCUT2D eigenvalue weighted by Crippen LogP contribution is -2.49. The van der Waals surface area contributed by atoms with Crippen LogP contribution in [0.15, 0.2) is 24.3 Å². The molecule has 3 heteroatoms. The Balaban J connectivity index is 3.09. The van der Waals surface area contributed by atoms with Crippen molar-refractivity contribution in [1.82, 2.24) is 10.2 Å². The molecule has 0 amide bonds. The highest BCUT2D eigenvalue weighted by Gasteiger charge is 2.32. The van der Waals surface area contributed by atoms with E-state index in [0.717, 1.165) is 12.1 Å². The molecular weight excluding hydrogens is 215 g/mol. The monoisotopic (exact) mass is 238 g/mol. The van der Waals surface area contributed by atoms with Gasteiger partial charge in [0, 0.05) is 5.54 Å². The number of likely N-dealkylation sites (N-methyl/N-ethyl adjacent to an activating group) is 2. The highest BCUT2D eigenvalue weighted by molar-refractivity contribution is 5.23. The van der Waals surface area contributed by atoms with Crippen molar-refractivity contribution in [3.8, 4) is 0 Å². The molecule has 0 radical (unpaired) electrons. The number of hydrogen-bond donors (Lipinski definition) is 1. The average Bonchev–Trinajstić information content (AvgIpc) is 2.25. The second-order valence-electron chi connectivity index (χ2n) is 5.09. The first-order valence-electron chi connectivity index (χ1n) is 6.06. The van der Waals surface area contributed by atoms with E-state index in [1.54, 1.807) is 12.1 Å². The van der Waals surface area contributed by atoms with E-state index in [1.165, 1.54) is 6.07 Å². The number of nitrogens with one attached hydrogen (secondary N) is 1. The fourth-order valence-corrected chi connectivity index (χ4v) is 1.92. The first-order chi connectivity index (χ1) is 7.89. The zero-order valence-corrected chi connectivity index (χ0v) is 11.4. The summed E-state index contributed by atoms with van der Waals surface area (Å²) < 4.78 is 13.3. The molecule has 0 aromatic heterocycles. The van der Waals surface area contributed by atoms with Crippen molar-refractivity contribution in [3.05, 3.63) is 35.6 Å².